The molecule has 2 aliphatic rings. The predicted octanol–water partition coefficient (Wildman–Crippen LogP) is 5.43. The lowest BCUT2D eigenvalue weighted by atomic mass is 9.97. The first-order valence-electron chi connectivity index (χ1n) is 11.9. The molecule has 1 aromatic heterocycles. The van der Waals surface area contributed by atoms with Crippen LogP contribution in [-0.4, -0.2) is 42.4 Å². The fourth-order valence-electron chi connectivity index (χ4n) is 5.00. The normalized spacial score (nSPS) is 16.5. The molecular formula is C27H28N6. The van der Waals surface area contributed by atoms with Crippen molar-refractivity contribution in [1.82, 2.24) is 9.97 Å². The van der Waals surface area contributed by atoms with Gasteiger partial charge in [-0.3, -0.25) is 5.43 Å². The van der Waals surface area contributed by atoms with Gasteiger partial charge in [-0.25, -0.2) is 0 Å². The van der Waals surface area contributed by atoms with Crippen molar-refractivity contribution in [2.24, 2.45) is 5.10 Å². The Kier molecular flexibility index (Phi) is 5.26. The van der Waals surface area contributed by atoms with Gasteiger partial charge in [0.15, 0.2) is 5.82 Å². The molecule has 0 unspecified atom stereocenters. The Morgan fingerprint density at radius 2 is 1.33 bits per heavy atom. The van der Waals surface area contributed by atoms with E-state index in [4.69, 9.17) is 9.97 Å². The van der Waals surface area contributed by atoms with Crippen molar-refractivity contribution in [3.63, 3.8) is 0 Å². The van der Waals surface area contributed by atoms with Gasteiger partial charge in [0.2, 0.25) is 5.95 Å². The molecular weight excluding hydrogens is 408 g/mol. The first-order valence-corrected chi connectivity index (χ1v) is 11.9. The summed E-state index contributed by atoms with van der Waals surface area (Å²) in [4.78, 5) is 14.3. The van der Waals surface area contributed by atoms with E-state index in [1.807, 2.05) is 12.3 Å². The van der Waals surface area contributed by atoms with Gasteiger partial charge in [0, 0.05) is 37.8 Å². The molecule has 3 heterocycles. The quantitative estimate of drug-likeness (QED) is 0.257. The van der Waals surface area contributed by atoms with E-state index in [2.05, 4.69) is 74.9 Å². The Labute approximate surface area is 193 Å². The third-order valence-corrected chi connectivity index (χ3v) is 6.71. The maximum atomic E-state index is 4.89. The summed E-state index contributed by atoms with van der Waals surface area (Å²) in [5, 5.41) is 9.46. The third kappa shape index (κ3) is 3.97. The van der Waals surface area contributed by atoms with Gasteiger partial charge < -0.3 is 9.80 Å². The largest absolute Gasteiger partial charge is 0.356 e. The first kappa shape index (κ1) is 20.0. The molecule has 0 spiro atoms. The number of hydrogen-bond donors (Lipinski definition) is 1. The van der Waals surface area contributed by atoms with Crippen LogP contribution < -0.4 is 15.2 Å². The van der Waals surface area contributed by atoms with Crippen LogP contribution in [0.1, 0.15) is 31.2 Å². The van der Waals surface area contributed by atoms with Gasteiger partial charge in [-0.1, -0.05) is 48.5 Å². The number of nitrogens with zero attached hydrogens (tertiary/aromatic N) is 5. The number of aromatic nitrogens is 2. The lowest BCUT2D eigenvalue weighted by molar-refractivity contribution is 0.871. The van der Waals surface area contributed by atoms with Crippen LogP contribution in [0.25, 0.3) is 21.5 Å². The van der Waals surface area contributed by atoms with Gasteiger partial charge in [-0.2, -0.15) is 15.1 Å². The van der Waals surface area contributed by atoms with Gasteiger partial charge in [0.05, 0.1) is 6.21 Å². The van der Waals surface area contributed by atoms with Crippen molar-refractivity contribution in [2.75, 3.05) is 41.4 Å². The van der Waals surface area contributed by atoms with Crippen molar-refractivity contribution in [2.45, 2.75) is 25.7 Å². The van der Waals surface area contributed by atoms with Crippen molar-refractivity contribution >= 4 is 45.3 Å². The summed E-state index contributed by atoms with van der Waals surface area (Å²) in [6, 6.07) is 21.2. The Bertz CT molecular complexity index is 1230. The molecule has 0 aliphatic carbocycles. The lowest BCUT2D eigenvalue weighted by Gasteiger charge is -2.21. The summed E-state index contributed by atoms with van der Waals surface area (Å²) >= 11 is 0. The highest BCUT2D eigenvalue weighted by atomic mass is 15.4. The monoisotopic (exact) mass is 436 g/mol. The summed E-state index contributed by atoms with van der Waals surface area (Å²) in [7, 11) is 0. The fourth-order valence-corrected chi connectivity index (χ4v) is 5.00. The molecule has 3 aromatic carbocycles. The lowest BCUT2D eigenvalue weighted by Crippen LogP contribution is -2.24. The first-order chi connectivity index (χ1) is 16.3. The van der Waals surface area contributed by atoms with E-state index in [1.165, 1.54) is 47.2 Å². The number of hydrazone groups is 1. The number of fused-ring (bicyclic) bond motifs is 2. The number of benzene rings is 3. The molecule has 0 saturated carbocycles. The SMILES string of the molecule is C(=N\Nc1cc(N2CCCC2)nc(N2CCCC2)n1)/c1c2ccccc2cc2ccccc12. The highest BCUT2D eigenvalue weighted by molar-refractivity contribution is 6.13. The minimum absolute atomic E-state index is 0.745. The summed E-state index contributed by atoms with van der Waals surface area (Å²) in [6.45, 7) is 4.16. The molecule has 0 bridgehead atoms. The van der Waals surface area contributed by atoms with Crippen LogP contribution in [0.5, 0.6) is 0 Å². The molecule has 4 aromatic rings. The van der Waals surface area contributed by atoms with Crippen LogP contribution in [0.2, 0.25) is 0 Å². The Morgan fingerprint density at radius 1 is 0.727 bits per heavy atom. The molecule has 2 saturated heterocycles. The second-order valence-electron chi connectivity index (χ2n) is 8.90. The van der Waals surface area contributed by atoms with Crippen LogP contribution in [0.15, 0.2) is 65.8 Å². The van der Waals surface area contributed by atoms with Crippen molar-refractivity contribution in [1.29, 1.82) is 0 Å². The van der Waals surface area contributed by atoms with E-state index in [0.717, 1.165) is 49.3 Å². The highest BCUT2D eigenvalue weighted by Crippen LogP contribution is 2.28. The number of nitrogens with one attached hydrogen (secondary N) is 1. The van der Waals surface area contributed by atoms with Gasteiger partial charge in [-0.15, -0.1) is 0 Å². The number of hydrogen-bond acceptors (Lipinski definition) is 6. The second kappa shape index (κ2) is 8.70. The van der Waals surface area contributed by atoms with E-state index >= 15 is 0 Å². The molecule has 0 radical (unpaired) electrons. The maximum Gasteiger partial charge on any atom is 0.229 e. The molecule has 1 N–H and O–H groups in total. The summed E-state index contributed by atoms with van der Waals surface area (Å²) in [5.74, 6) is 2.55. The zero-order valence-electron chi connectivity index (χ0n) is 18.7. The Hall–Kier alpha value is -3.67. The van der Waals surface area contributed by atoms with Crippen molar-refractivity contribution < 1.29 is 0 Å². The zero-order chi connectivity index (χ0) is 22.0. The van der Waals surface area contributed by atoms with E-state index in [0.29, 0.717) is 0 Å². The second-order valence-corrected chi connectivity index (χ2v) is 8.90. The molecule has 0 atom stereocenters. The molecule has 166 valence electrons. The molecule has 6 nitrogen and oxygen atoms in total. The van der Waals surface area contributed by atoms with E-state index in [-0.39, 0.29) is 0 Å². The summed E-state index contributed by atoms with van der Waals surface area (Å²) in [5.41, 5.74) is 4.33. The van der Waals surface area contributed by atoms with Gasteiger partial charge >= 0.3 is 0 Å². The fraction of sp³-hybridized carbons (Fsp3) is 0.296. The maximum absolute atomic E-state index is 4.89. The Balaban J connectivity index is 1.35. The van der Waals surface area contributed by atoms with E-state index in [1.54, 1.807) is 0 Å². The third-order valence-electron chi connectivity index (χ3n) is 6.71. The topological polar surface area (TPSA) is 56.7 Å². The van der Waals surface area contributed by atoms with Crippen molar-refractivity contribution in [3.8, 4) is 0 Å². The van der Waals surface area contributed by atoms with E-state index in [9.17, 15) is 0 Å². The van der Waals surface area contributed by atoms with Crippen LogP contribution in [-0.2, 0) is 0 Å². The molecule has 6 rings (SSSR count). The smallest absolute Gasteiger partial charge is 0.229 e. The molecule has 33 heavy (non-hydrogen) atoms. The molecule has 0 amide bonds. The minimum atomic E-state index is 0.745. The van der Waals surface area contributed by atoms with Crippen LogP contribution in [0.3, 0.4) is 0 Å². The highest BCUT2D eigenvalue weighted by Gasteiger charge is 2.20. The molecule has 6 heteroatoms. The zero-order valence-corrected chi connectivity index (χ0v) is 18.7. The van der Waals surface area contributed by atoms with Crippen LogP contribution >= 0.6 is 0 Å². The summed E-state index contributed by atoms with van der Waals surface area (Å²) < 4.78 is 0. The predicted molar refractivity (Wildman–Crippen MR) is 138 cm³/mol. The molecule has 2 aliphatic heterocycles. The average Bonchev–Trinajstić information content (AvgIpc) is 3.58. The van der Waals surface area contributed by atoms with Gasteiger partial charge in [0.25, 0.3) is 0 Å². The average molecular weight is 437 g/mol. The van der Waals surface area contributed by atoms with Gasteiger partial charge in [0.1, 0.15) is 5.82 Å². The number of rotatable bonds is 5. The van der Waals surface area contributed by atoms with E-state index < -0.39 is 0 Å². The van der Waals surface area contributed by atoms with Crippen LogP contribution in [0.4, 0.5) is 17.6 Å². The molecule has 2 fully saturated rings. The van der Waals surface area contributed by atoms with Gasteiger partial charge in [-0.05, 0) is 53.3 Å². The van der Waals surface area contributed by atoms with Crippen molar-refractivity contribution in [3.05, 3.63) is 66.2 Å². The Morgan fingerprint density at radius 3 is 2.00 bits per heavy atom. The summed E-state index contributed by atoms with van der Waals surface area (Å²) in [6.07, 6.45) is 6.77. The van der Waals surface area contributed by atoms with Crippen LogP contribution in [0, 0.1) is 0 Å². The standard InChI is InChI=1S/C27H28N6/c1-3-11-22-20(9-1)17-21-10-2-4-12-23(21)24(22)19-28-31-25-18-26(32-13-5-6-14-32)30-27(29-25)33-15-7-8-16-33/h1-4,9-12,17-19H,5-8,13-16H2,(H,29,30,31)/b28-19+. The number of anilines is 3. The minimum Gasteiger partial charge on any atom is -0.356 e.